The van der Waals surface area contributed by atoms with Crippen LogP contribution in [-0.4, -0.2) is 18.3 Å². The van der Waals surface area contributed by atoms with Crippen LogP contribution in [0.15, 0.2) is 206 Å². The number of hydrogen-bond acceptors (Lipinski definition) is 0. The number of para-hydroxylation sites is 8. The predicted octanol–water partition coefficient (Wildman–Crippen LogP) is 14.1. The van der Waals surface area contributed by atoms with E-state index in [9.17, 15) is 0 Å². The van der Waals surface area contributed by atoms with Crippen LogP contribution in [0.25, 0.3) is 110 Å². The summed E-state index contributed by atoms with van der Waals surface area (Å²) in [7, 11) is 0. The molecule has 4 heterocycles. The number of benzene rings is 9. The van der Waals surface area contributed by atoms with E-state index in [2.05, 4.69) is 225 Å². The zero-order valence-corrected chi connectivity index (χ0v) is 31.4. The first-order chi connectivity index (χ1) is 28.8. The van der Waals surface area contributed by atoms with Gasteiger partial charge in [0.2, 0.25) is 0 Å². The van der Waals surface area contributed by atoms with Crippen molar-refractivity contribution < 1.29 is 0 Å². The van der Waals surface area contributed by atoms with Crippen LogP contribution in [0.4, 0.5) is 0 Å². The minimum Gasteiger partial charge on any atom is -0.307 e. The van der Waals surface area contributed by atoms with Gasteiger partial charge in [-0.25, -0.2) is 0 Å². The first kappa shape index (κ1) is 31.4. The standard InChI is InChI=1S/C54H34N4/c1-2-16-35(17-3-1)55-45-25-9-6-20-39(45)42-23-14-30-51(53(42)55)58-49-29-13-8-22-41(49)44-34-36(32-33-50(44)58)56-46-26-10-7-21-40(46)43-24-15-31-52(54(43)56)57-47-27-11-4-18-37(47)38-19-5-12-28-48(38)57/h1-34H. The fourth-order valence-corrected chi connectivity index (χ4v) is 10.0. The Bertz CT molecular complexity index is 3740. The van der Waals surface area contributed by atoms with Crippen LogP contribution >= 0.6 is 0 Å². The molecule has 4 nitrogen and oxygen atoms in total. The summed E-state index contributed by atoms with van der Waals surface area (Å²) in [6.45, 7) is 0. The molecule has 4 heteroatoms. The molecule has 0 radical (unpaired) electrons. The molecule has 0 spiro atoms. The van der Waals surface area contributed by atoms with Gasteiger partial charge in [0.15, 0.2) is 0 Å². The average molecular weight is 739 g/mol. The molecule has 13 aromatic rings. The second kappa shape index (κ2) is 11.8. The molecule has 9 aromatic carbocycles. The number of hydrogen-bond donors (Lipinski definition) is 0. The van der Waals surface area contributed by atoms with Gasteiger partial charge in [-0.1, -0.05) is 133 Å². The quantitative estimate of drug-likeness (QED) is 0.171. The third kappa shape index (κ3) is 4.18. The Morgan fingerprint density at radius 2 is 0.552 bits per heavy atom. The average Bonchev–Trinajstić information content (AvgIpc) is 4.02. The van der Waals surface area contributed by atoms with Crippen LogP contribution in [0, 0.1) is 0 Å². The molecule has 0 atom stereocenters. The molecule has 0 aliphatic carbocycles. The summed E-state index contributed by atoms with van der Waals surface area (Å²) >= 11 is 0. The highest BCUT2D eigenvalue weighted by Crippen LogP contribution is 2.43. The van der Waals surface area contributed by atoms with Crippen molar-refractivity contribution in [1.82, 2.24) is 18.3 Å². The zero-order valence-electron chi connectivity index (χ0n) is 31.4. The van der Waals surface area contributed by atoms with E-state index in [1.54, 1.807) is 0 Å². The summed E-state index contributed by atoms with van der Waals surface area (Å²) in [5.41, 5.74) is 14.1. The Morgan fingerprint density at radius 3 is 1.03 bits per heavy atom. The topological polar surface area (TPSA) is 19.7 Å². The second-order valence-corrected chi connectivity index (χ2v) is 15.3. The van der Waals surface area contributed by atoms with Gasteiger partial charge < -0.3 is 18.3 Å². The maximum atomic E-state index is 2.49. The van der Waals surface area contributed by atoms with Crippen LogP contribution in [0.5, 0.6) is 0 Å². The van der Waals surface area contributed by atoms with Crippen LogP contribution in [-0.2, 0) is 0 Å². The lowest BCUT2D eigenvalue weighted by Gasteiger charge is -2.15. The molecule has 0 fully saturated rings. The molecule has 0 N–H and O–H groups in total. The number of rotatable bonds is 4. The summed E-state index contributed by atoms with van der Waals surface area (Å²) in [5, 5.41) is 9.91. The zero-order chi connectivity index (χ0) is 37.9. The van der Waals surface area contributed by atoms with Crippen molar-refractivity contribution in [2.24, 2.45) is 0 Å². The lowest BCUT2D eigenvalue weighted by Crippen LogP contribution is -2.01. The van der Waals surface area contributed by atoms with Gasteiger partial charge in [-0.15, -0.1) is 0 Å². The van der Waals surface area contributed by atoms with Crippen molar-refractivity contribution in [2.45, 2.75) is 0 Å². The Hall–Kier alpha value is -7.82. The molecular weight excluding hydrogens is 705 g/mol. The van der Waals surface area contributed by atoms with E-state index in [0.717, 1.165) is 22.7 Å². The molecule has 0 saturated carbocycles. The third-order valence-electron chi connectivity index (χ3n) is 12.3. The van der Waals surface area contributed by atoms with Crippen LogP contribution in [0.3, 0.4) is 0 Å². The van der Waals surface area contributed by atoms with Gasteiger partial charge in [-0.2, -0.15) is 0 Å². The summed E-state index contributed by atoms with van der Waals surface area (Å²) < 4.78 is 9.86. The Balaban J connectivity index is 1.12. The van der Waals surface area contributed by atoms with Crippen molar-refractivity contribution in [2.75, 3.05) is 0 Å². The lowest BCUT2D eigenvalue weighted by molar-refractivity contribution is 1.12. The first-order valence-electron chi connectivity index (χ1n) is 20.0. The maximum absolute atomic E-state index is 2.49. The molecule has 0 bridgehead atoms. The first-order valence-corrected chi connectivity index (χ1v) is 20.0. The maximum Gasteiger partial charge on any atom is 0.0782 e. The molecule has 0 amide bonds. The van der Waals surface area contributed by atoms with Crippen LogP contribution in [0.2, 0.25) is 0 Å². The fourth-order valence-electron chi connectivity index (χ4n) is 10.0. The summed E-state index contributed by atoms with van der Waals surface area (Å²) in [5.74, 6) is 0. The highest BCUT2D eigenvalue weighted by molar-refractivity contribution is 6.17. The highest BCUT2D eigenvalue weighted by Gasteiger charge is 2.23. The van der Waals surface area contributed by atoms with Crippen molar-refractivity contribution in [3.63, 3.8) is 0 Å². The van der Waals surface area contributed by atoms with E-state index in [0.29, 0.717) is 0 Å². The van der Waals surface area contributed by atoms with Crippen LogP contribution in [0.1, 0.15) is 0 Å². The third-order valence-corrected chi connectivity index (χ3v) is 12.3. The van der Waals surface area contributed by atoms with Crippen molar-refractivity contribution >= 4 is 87.2 Å². The van der Waals surface area contributed by atoms with E-state index in [-0.39, 0.29) is 0 Å². The summed E-state index contributed by atoms with van der Waals surface area (Å²) in [6, 6.07) is 75.4. The lowest BCUT2D eigenvalue weighted by atomic mass is 10.1. The number of aromatic nitrogens is 4. The van der Waals surface area contributed by atoms with Gasteiger partial charge in [0.25, 0.3) is 0 Å². The molecule has 4 aromatic heterocycles. The van der Waals surface area contributed by atoms with E-state index in [1.807, 2.05) is 0 Å². The van der Waals surface area contributed by atoms with Gasteiger partial charge in [0.05, 0.1) is 55.5 Å². The van der Waals surface area contributed by atoms with Gasteiger partial charge >= 0.3 is 0 Å². The summed E-state index contributed by atoms with van der Waals surface area (Å²) in [6.07, 6.45) is 0. The highest BCUT2D eigenvalue weighted by atomic mass is 15.1. The van der Waals surface area contributed by atoms with Gasteiger partial charge in [-0.05, 0) is 72.8 Å². The molecule has 0 aliphatic rings. The van der Waals surface area contributed by atoms with E-state index in [1.165, 1.54) is 87.2 Å². The van der Waals surface area contributed by atoms with Crippen molar-refractivity contribution in [3.8, 4) is 22.7 Å². The Labute approximate surface area is 333 Å². The van der Waals surface area contributed by atoms with E-state index >= 15 is 0 Å². The smallest absolute Gasteiger partial charge is 0.0782 e. The minimum atomic E-state index is 1.13. The van der Waals surface area contributed by atoms with E-state index in [4.69, 9.17) is 0 Å². The molecule has 270 valence electrons. The molecule has 0 unspecified atom stereocenters. The molecule has 0 saturated heterocycles. The Morgan fingerprint density at radius 1 is 0.207 bits per heavy atom. The monoisotopic (exact) mass is 738 g/mol. The molecule has 0 aliphatic heterocycles. The van der Waals surface area contributed by atoms with Crippen molar-refractivity contribution in [3.05, 3.63) is 206 Å². The van der Waals surface area contributed by atoms with Crippen molar-refractivity contribution in [1.29, 1.82) is 0 Å². The molecule has 58 heavy (non-hydrogen) atoms. The van der Waals surface area contributed by atoms with Gasteiger partial charge in [0.1, 0.15) is 0 Å². The van der Waals surface area contributed by atoms with E-state index < -0.39 is 0 Å². The molecule has 13 rings (SSSR count). The minimum absolute atomic E-state index is 1.13. The number of fused-ring (bicyclic) bond motifs is 12. The SMILES string of the molecule is c1ccc(-n2c3ccccc3c3cccc(-n4c5ccccc5c5cc(-n6c7ccccc7c7cccc(-n8c9ccccc9c9ccccc98)c76)ccc54)c32)cc1. The Kier molecular flexibility index (Phi) is 6.41. The summed E-state index contributed by atoms with van der Waals surface area (Å²) in [4.78, 5) is 0. The van der Waals surface area contributed by atoms with Gasteiger partial charge in [-0.3, -0.25) is 0 Å². The normalized spacial score (nSPS) is 12.1. The molecular formula is C54H34N4. The largest absolute Gasteiger partial charge is 0.307 e. The van der Waals surface area contributed by atoms with Gasteiger partial charge in [0, 0.05) is 54.5 Å². The second-order valence-electron chi connectivity index (χ2n) is 15.3. The fraction of sp³-hybridized carbons (Fsp3) is 0. The number of nitrogens with zero attached hydrogens (tertiary/aromatic N) is 4. The van der Waals surface area contributed by atoms with Crippen LogP contribution < -0.4 is 0 Å². The predicted molar refractivity (Wildman–Crippen MR) is 244 cm³/mol.